The molecule has 2 heterocycles. The van der Waals surface area contributed by atoms with Crippen molar-refractivity contribution < 1.29 is 4.79 Å². The van der Waals surface area contributed by atoms with E-state index in [4.69, 9.17) is 0 Å². The number of aromatic nitrogens is 1. The summed E-state index contributed by atoms with van der Waals surface area (Å²) in [5.74, 6) is 0.639. The van der Waals surface area contributed by atoms with Crippen molar-refractivity contribution in [2.75, 3.05) is 11.9 Å². The molecule has 0 saturated carbocycles. The molecular formula is C11H10N2OS. The van der Waals surface area contributed by atoms with Crippen molar-refractivity contribution in [2.24, 2.45) is 0 Å². The number of thiophene rings is 1. The minimum Gasteiger partial charge on any atom is -0.295 e. The highest BCUT2D eigenvalue weighted by Crippen LogP contribution is 2.15. The van der Waals surface area contributed by atoms with Crippen LogP contribution in [0, 0.1) is 0 Å². The van der Waals surface area contributed by atoms with E-state index in [0.717, 1.165) is 4.88 Å². The van der Waals surface area contributed by atoms with Crippen molar-refractivity contribution >= 4 is 23.1 Å². The van der Waals surface area contributed by atoms with Gasteiger partial charge in [-0.2, -0.15) is 0 Å². The van der Waals surface area contributed by atoms with Gasteiger partial charge in [0.05, 0.1) is 4.88 Å². The number of hydrogen-bond acceptors (Lipinski definition) is 3. The van der Waals surface area contributed by atoms with E-state index in [0.29, 0.717) is 5.82 Å². The maximum absolute atomic E-state index is 11.9. The van der Waals surface area contributed by atoms with Crippen molar-refractivity contribution in [3.05, 3.63) is 46.8 Å². The lowest BCUT2D eigenvalue weighted by atomic mass is 10.4. The van der Waals surface area contributed by atoms with Crippen LogP contribution in [0.3, 0.4) is 0 Å². The predicted molar refractivity (Wildman–Crippen MR) is 61.3 cm³/mol. The molecule has 0 fully saturated rings. The van der Waals surface area contributed by atoms with Gasteiger partial charge in [-0.05, 0) is 23.6 Å². The van der Waals surface area contributed by atoms with Crippen LogP contribution in [0.5, 0.6) is 0 Å². The molecule has 0 N–H and O–H groups in total. The monoisotopic (exact) mass is 218 g/mol. The van der Waals surface area contributed by atoms with E-state index in [2.05, 4.69) is 4.98 Å². The summed E-state index contributed by atoms with van der Waals surface area (Å²) in [7, 11) is 1.73. The lowest BCUT2D eigenvalue weighted by Gasteiger charge is -2.14. The fourth-order valence-corrected chi connectivity index (χ4v) is 1.92. The molecule has 0 aromatic carbocycles. The Labute approximate surface area is 92.0 Å². The molecule has 0 bridgehead atoms. The van der Waals surface area contributed by atoms with E-state index in [1.54, 1.807) is 18.1 Å². The Kier molecular flexibility index (Phi) is 2.78. The third-order valence-electron chi connectivity index (χ3n) is 2.03. The number of carbonyl (C=O) groups excluding carboxylic acids is 1. The quantitative estimate of drug-likeness (QED) is 0.775. The van der Waals surface area contributed by atoms with E-state index in [-0.39, 0.29) is 5.91 Å². The summed E-state index contributed by atoms with van der Waals surface area (Å²) in [5.41, 5.74) is 0. The minimum absolute atomic E-state index is 0.0244. The Bertz CT molecular complexity index is 439. The second kappa shape index (κ2) is 4.23. The Hall–Kier alpha value is -1.68. The highest BCUT2D eigenvalue weighted by atomic mass is 32.1. The number of carbonyl (C=O) groups is 1. The lowest BCUT2D eigenvalue weighted by molar-refractivity contribution is 0.0996. The van der Waals surface area contributed by atoms with Gasteiger partial charge in [0.15, 0.2) is 0 Å². The Morgan fingerprint density at radius 3 is 2.80 bits per heavy atom. The minimum atomic E-state index is -0.0244. The zero-order valence-electron chi connectivity index (χ0n) is 8.25. The SMILES string of the molecule is CN(C(=O)c1cccs1)c1ccccn1. The van der Waals surface area contributed by atoms with Crippen LogP contribution >= 0.6 is 11.3 Å². The van der Waals surface area contributed by atoms with E-state index in [9.17, 15) is 4.79 Å². The summed E-state index contributed by atoms with van der Waals surface area (Å²) in [6, 6.07) is 9.18. The second-order valence-electron chi connectivity index (χ2n) is 3.03. The largest absolute Gasteiger partial charge is 0.295 e. The predicted octanol–water partition coefficient (Wildman–Crippen LogP) is 2.42. The van der Waals surface area contributed by atoms with Gasteiger partial charge in [0.2, 0.25) is 0 Å². The molecule has 1 amide bonds. The number of pyridine rings is 1. The van der Waals surface area contributed by atoms with Gasteiger partial charge in [-0.15, -0.1) is 11.3 Å². The molecule has 2 aromatic rings. The number of hydrogen-bond donors (Lipinski definition) is 0. The number of amides is 1. The summed E-state index contributed by atoms with van der Waals surface area (Å²) in [6.45, 7) is 0. The van der Waals surface area contributed by atoms with Gasteiger partial charge in [-0.3, -0.25) is 9.69 Å². The van der Waals surface area contributed by atoms with Crippen LogP contribution in [0.2, 0.25) is 0 Å². The van der Waals surface area contributed by atoms with Crippen molar-refractivity contribution in [3.8, 4) is 0 Å². The van der Waals surface area contributed by atoms with Gasteiger partial charge >= 0.3 is 0 Å². The van der Waals surface area contributed by atoms with E-state index in [1.807, 2.05) is 35.7 Å². The van der Waals surface area contributed by atoms with Crippen LogP contribution in [-0.2, 0) is 0 Å². The Morgan fingerprint density at radius 2 is 2.20 bits per heavy atom. The van der Waals surface area contributed by atoms with Crippen molar-refractivity contribution in [3.63, 3.8) is 0 Å². The molecule has 0 aliphatic heterocycles. The molecule has 0 unspecified atom stereocenters. The van der Waals surface area contributed by atoms with Crippen LogP contribution in [-0.4, -0.2) is 17.9 Å². The van der Waals surface area contributed by atoms with Crippen molar-refractivity contribution in [1.82, 2.24) is 4.98 Å². The zero-order valence-corrected chi connectivity index (χ0v) is 9.07. The molecule has 76 valence electrons. The van der Waals surface area contributed by atoms with Crippen LogP contribution in [0.15, 0.2) is 41.9 Å². The van der Waals surface area contributed by atoms with Gasteiger partial charge in [-0.1, -0.05) is 12.1 Å². The molecule has 0 atom stereocenters. The van der Waals surface area contributed by atoms with E-state index < -0.39 is 0 Å². The Morgan fingerprint density at radius 1 is 1.33 bits per heavy atom. The number of nitrogens with zero attached hydrogens (tertiary/aromatic N) is 2. The first-order valence-electron chi connectivity index (χ1n) is 4.51. The fourth-order valence-electron chi connectivity index (χ4n) is 1.22. The maximum atomic E-state index is 11.9. The summed E-state index contributed by atoms with van der Waals surface area (Å²) >= 11 is 1.44. The van der Waals surface area contributed by atoms with Gasteiger partial charge in [0.1, 0.15) is 5.82 Å². The third kappa shape index (κ3) is 2.05. The molecule has 2 rings (SSSR count). The second-order valence-corrected chi connectivity index (χ2v) is 3.98. The van der Waals surface area contributed by atoms with Gasteiger partial charge in [0.25, 0.3) is 5.91 Å². The zero-order chi connectivity index (χ0) is 10.7. The molecule has 0 saturated heterocycles. The first kappa shape index (κ1) is 9.86. The average molecular weight is 218 g/mol. The summed E-state index contributed by atoms with van der Waals surface area (Å²) in [4.78, 5) is 18.3. The summed E-state index contributed by atoms with van der Waals surface area (Å²) < 4.78 is 0. The standard InChI is InChI=1S/C11H10N2OS/c1-13(10-6-2-3-7-12-10)11(14)9-5-4-8-15-9/h2-8H,1H3. The lowest BCUT2D eigenvalue weighted by Crippen LogP contribution is -2.26. The van der Waals surface area contributed by atoms with Gasteiger partial charge in [0, 0.05) is 13.2 Å². The van der Waals surface area contributed by atoms with E-state index in [1.165, 1.54) is 11.3 Å². The van der Waals surface area contributed by atoms with Crippen molar-refractivity contribution in [2.45, 2.75) is 0 Å². The number of rotatable bonds is 2. The summed E-state index contributed by atoms with van der Waals surface area (Å²) in [6.07, 6.45) is 1.67. The first-order valence-corrected chi connectivity index (χ1v) is 5.39. The first-order chi connectivity index (χ1) is 7.29. The van der Waals surface area contributed by atoms with Gasteiger partial charge < -0.3 is 0 Å². The van der Waals surface area contributed by atoms with Crippen LogP contribution < -0.4 is 4.90 Å². The third-order valence-corrected chi connectivity index (χ3v) is 2.89. The van der Waals surface area contributed by atoms with Crippen molar-refractivity contribution in [1.29, 1.82) is 0 Å². The molecule has 0 aliphatic carbocycles. The average Bonchev–Trinajstić information content (AvgIpc) is 2.82. The molecule has 2 aromatic heterocycles. The smallest absolute Gasteiger partial charge is 0.269 e. The highest BCUT2D eigenvalue weighted by molar-refractivity contribution is 7.12. The molecule has 3 nitrogen and oxygen atoms in total. The van der Waals surface area contributed by atoms with Crippen LogP contribution in [0.1, 0.15) is 9.67 Å². The van der Waals surface area contributed by atoms with Crippen LogP contribution in [0.25, 0.3) is 0 Å². The molecule has 0 radical (unpaired) electrons. The molecule has 15 heavy (non-hydrogen) atoms. The molecular weight excluding hydrogens is 208 g/mol. The topological polar surface area (TPSA) is 33.2 Å². The maximum Gasteiger partial charge on any atom is 0.269 e. The molecule has 4 heteroatoms. The number of anilines is 1. The Balaban J connectivity index is 2.23. The van der Waals surface area contributed by atoms with Crippen LogP contribution in [0.4, 0.5) is 5.82 Å². The summed E-state index contributed by atoms with van der Waals surface area (Å²) in [5, 5.41) is 1.89. The molecule has 0 spiro atoms. The molecule has 0 aliphatic rings. The highest BCUT2D eigenvalue weighted by Gasteiger charge is 2.14. The van der Waals surface area contributed by atoms with E-state index >= 15 is 0 Å². The fraction of sp³-hybridized carbons (Fsp3) is 0.0909. The van der Waals surface area contributed by atoms with Gasteiger partial charge in [-0.25, -0.2) is 4.98 Å². The normalized spacial score (nSPS) is 9.93.